The van der Waals surface area contributed by atoms with E-state index in [0.717, 1.165) is 43.1 Å². The number of imidazole rings is 2. The Morgan fingerprint density at radius 2 is 1.17 bits per heavy atom. The number of aromatic nitrogens is 8. The summed E-state index contributed by atoms with van der Waals surface area (Å²) >= 11 is 3.40. The van der Waals surface area contributed by atoms with Crippen molar-refractivity contribution in [3.05, 3.63) is 147 Å². The highest BCUT2D eigenvalue weighted by Crippen LogP contribution is 2.37. The highest BCUT2D eigenvalue weighted by atomic mass is 79.9. The van der Waals surface area contributed by atoms with E-state index in [1.165, 1.54) is 12.1 Å². The maximum absolute atomic E-state index is 12.2. The Morgan fingerprint density at radius 1 is 0.617 bits per heavy atom. The van der Waals surface area contributed by atoms with Crippen LogP contribution in [0.25, 0.3) is 78.2 Å². The number of aromatic amines is 4. The van der Waals surface area contributed by atoms with E-state index in [-0.39, 0.29) is 29.2 Å². The van der Waals surface area contributed by atoms with Gasteiger partial charge in [-0.25, -0.2) is 19.9 Å². The predicted molar refractivity (Wildman–Crippen MR) is 235 cm³/mol. The van der Waals surface area contributed by atoms with E-state index in [1.54, 1.807) is 49.7 Å². The standard InChI is InChI=1S/C19H12N4O2.C13H17BN2O2.C12H7BrN2O2/c24-16-5-6-20-19-13(16)9-12(18(23-19)17-2-1-7-25-17)11-3-4-14-15(8-11)22-10-21-14;1-12(2)13(3,4)18-14(17-12)9-5-6-10-11(7-9)16-8-15-10;13-8-6-7-9(16)3-4-14-12(7)15-11(8)10-2-1-5-17-10/h1-10H,(H,21,22)(H,20,23,24);5-8H,1-4H3,(H,15,16);1-6H,(H,14,15,16). The van der Waals surface area contributed by atoms with E-state index in [4.69, 9.17) is 18.1 Å². The summed E-state index contributed by atoms with van der Waals surface area (Å²) in [5, 5.41) is 1.09. The molecule has 9 heterocycles. The fraction of sp³-hybridized carbons (Fsp3) is 0.136. The summed E-state index contributed by atoms with van der Waals surface area (Å²) in [6.07, 6.45) is 9.72. The van der Waals surface area contributed by atoms with Crippen molar-refractivity contribution in [1.29, 1.82) is 0 Å². The first-order chi connectivity index (χ1) is 28.9. The lowest BCUT2D eigenvalue weighted by Crippen LogP contribution is -2.41. The number of pyridine rings is 4. The third-order valence-electron chi connectivity index (χ3n) is 10.6. The van der Waals surface area contributed by atoms with E-state index >= 15 is 0 Å². The lowest BCUT2D eigenvalue weighted by molar-refractivity contribution is 0.00578. The quantitative estimate of drug-likeness (QED) is 0.125. The summed E-state index contributed by atoms with van der Waals surface area (Å²) < 4.78 is 23.6. The fourth-order valence-electron chi connectivity index (χ4n) is 6.76. The second kappa shape index (κ2) is 15.4. The van der Waals surface area contributed by atoms with Gasteiger partial charge in [0.1, 0.15) is 22.7 Å². The zero-order valence-electron chi connectivity index (χ0n) is 32.7. The van der Waals surface area contributed by atoms with E-state index in [0.29, 0.717) is 45.0 Å². The average molecular weight is 864 g/mol. The van der Waals surface area contributed by atoms with Crippen molar-refractivity contribution in [1.82, 2.24) is 39.9 Å². The Morgan fingerprint density at radius 3 is 1.77 bits per heavy atom. The molecule has 11 rings (SSSR count). The maximum atomic E-state index is 12.2. The minimum Gasteiger partial charge on any atom is -0.463 e. The number of rotatable bonds is 4. The number of fused-ring (bicyclic) bond motifs is 4. The van der Waals surface area contributed by atoms with E-state index in [9.17, 15) is 9.59 Å². The zero-order chi connectivity index (χ0) is 41.6. The molecule has 0 unspecified atom stereocenters. The molecule has 1 aliphatic rings. The molecule has 0 spiro atoms. The molecule has 298 valence electrons. The minimum atomic E-state index is -0.317. The lowest BCUT2D eigenvalue weighted by Gasteiger charge is -2.32. The van der Waals surface area contributed by atoms with Gasteiger partial charge in [0.2, 0.25) is 0 Å². The van der Waals surface area contributed by atoms with Gasteiger partial charge in [0, 0.05) is 34.6 Å². The maximum Gasteiger partial charge on any atom is 0.494 e. The van der Waals surface area contributed by atoms with Gasteiger partial charge in [-0.05, 0) is 115 Å². The first-order valence-electron chi connectivity index (χ1n) is 18.9. The third kappa shape index (κ3) is 7.36. The van der Waals surface area contributed by atoms with Gasteiger partial charge in [0.05, 0.1) is 69.2 Å². The number of furan rings is 2. The highest BCUT2D eigenvalue weighted by molar-refractivity contribution is 9.10. The van der Waals surface area contributed by atoms with Crippen molar-refractivity contribution >= 4 is 72.6 Å². The van der Waals surface area contributed by atoms with Gasteiger partial charge in [-0.15, -0.1) is 0 Å². The van der Waals surface area contributed by atoms with Gasteiger partial charge in [-0.3, -0.25) is 9.59 Å². The first-order valence-corrected chi connectivity index (χ1v) is 19.7. The van der Waals surface area contributed by atoms with Gasteiger partial charge < -0.3 is 38.1 Å². The van der Waals surface area contributed by atoms with Gasteiger partial charge in [-0.2, -0.15) is 0 Å². The van der Waals surface area contributed by atoms with Gasteiger partial charge in [0.15, 0.2) is 22.4 Å². The smallest absolute Gasteiger partial charge is 0.463 e. The summed E-state index contributed by atoms with van der Waals surface area (Å²) in [5.41, 5.74) is 8.23. The summed E-state index contributed by atoms with van der Waals surface area (Å²) in [4.78, 5) is 53.5. The van der Waals surface area contributed by atoms with Gasteiger partial charge in [0.25, 0.3) is 0 Å². The van der Waals surface area contributed by atoms with Crippen LogP contribution < -0.4 is 16.3 Å². The van der Waals surface area contributed by atoms with Crippen molar-refractivity contribution in [2.45, 2.75) is 38.9 Å². The van der Waals surface area contributed by atoms with Crippen molar-refractivity contribution in [3.8, 4) is 34.0 Å². The number of benzene rings is 2. The minimum absolute atomic E-state index is 0.0575. The molecule has 0 bridgehead atoms. The number of halogens is 1. The monoisotopic (exact) mass is 862 g/mol. The molecule has 60 heavy (non-hydrogen) atoms. The number of nitrogens with one attached hydrogen (secondary N) is 4. The molecule has 0 amide bonds. The Labute approximate surface area is 349 Å². The Hall–Kier alpha value is -6.88. The molecule has 14 nitrogen and oxygen atoms in total. The Balaban J connectivity index is 0.000000119. The predicted octanol–water partition coefficient (Wildman–Crippen LogP) is 8.53. The summed E-state index contributed by atoms with van der Waals surface area (Å²) in [7, 11) is -0.317. The molecule has 0 saturated carbocycles. The molecule has 0 radical (unpaired) electrons. The summed E-state index contributed by atoms with van der Waals surface area (Å²) in [6, 6.07) is 25.8. The van der Waals surface area contributed by atoms with Crippen LogP contribution in [0, 0.1) is 0 Å². The third-order valence-corrected chi connectivity index (χ3v) is 11.3. The van der Waals surface area contributed by atoms with E-state index in [1.807, 2.05) is 60.7 Å². The highest BCUT2D eigenvalue weighted by Gasteiger charge is 2.51. The van der Waals surface area contributed by atoms with Crippen molar-refractivity contribution in [3.63, 3.8) is 0 Å². The van der Waals surface area contributed by atoms with E-state index < -0.39 is 0 Å². The molecule has 1 fully saturated rings. The summed E-state index contributed by atoms with van der Waals surface area (Å²) in [5.74, 6) is 1.30. The van der Waals surface area contributed by atoms with Gasteiger partial charge >= 0.3 is 7.12 Å². The van der Waals surface area contributed by atoms with Crippen LogP contribution in [0.2, 0.25) is 0 Å². The molecule has 1 saturated heterocycles. The van der Waals surface area contributed by atoms with Crippen LogP contribution in [0.3, 0.4) is 0 Å². The largest absolute Gasteiger partial charge is 0.494 e. The van der Waals surface area contributed by atoms with Crippen molar-refractivity contribution < 1.29 is 18.1 Å². The number of hydrogen-bond acceptors (Lipinski definition) is 10. The van der Waals surface area contributed by atoms with Crippen molar-refractivity contribution in [2.75, 3.05) is 0 Å². The van der Waals surface area contributed by atoms with Crippen LogP contribution in [0.1, 0.15) is 27.7 Å². The Kier molecular flexibility index (Phi) is 9.90. The lowest BCUT2D eigenvalue weighted by atomic mass is 9.79. The zero-order valence-corrected chi connectivity index (χ0v) is 34.3. The SMILES string of the molecule is CC1(C)OB(c2ccc3nc[nH]c3c2)OC1(C)C.O=c1cc[nH]c2nc(-c3ccco3)c(-c3ccc4nc[nH]c4c3)cc12.O=c1cc[nH]c2nc(-c3ccco3)c(Br)cc12. The van der Waals surface area contributed by atoms with Crippen LogP contribution in [-0.2, 0) is 9.31 Å². The van der Waals surface area contributed by atoms with Crippen LogP contribution in [0.5, 0.6) is 0 Å². The van der Waals surface area contributed by atoms with Crippen molar-refractivity contribution in [2.24, 2.45) is 0 Å². The molecule has 0 atom stereocenters. The molecule has 4 N–H and O–H groups in total. The first kappa shape index (κ1) is 38.6. The molecule has 1 aliphatic heterocycles. The molecular weight excluding hydrogens is 827 g/mol. The molecule has 8 aromatic heterocycles. The molecule has 0 aliphatic carbocycles. The molecule has 2 aromatic carbocycles. The normalized spacial score (nSPS) is 14.3. The van der Waals surface area contributed by atoms with Crippen LogP contribution >= 0.6 is 15.9 Å². The second-order valence-corrected chi connectivity index (χ2v) is 15.9. The van der Waals surface area contributed by atoms with Crippen LogP contribution in [0.4, 0.5) is 0 Å². The second-order valence-electron chi connectivity index (χ2n) is 15.0. The van der Waals surface area contributed by atoms with Crippen LogP contribution in [-0.4, -0.2) is 58.2 Å². The van der Waals surface area contributed by atoms with Crippen LogP contribution in [0.15, 0.2) is 145 Å². The van der Waals surface area contributed by atoms with Gasteiger partial charge in [-0.1, -0.05) is 12.1 Å². The average Bonchev–Trinajstić information content (AvgIpc) is 4.10. The van der Waals surface area contributed by atoms with E-state index in [2.05, 4.69) is 83.5 Å². The Bertz CT molecular complexity index is 3250. The fourth-order valence-corrected chi connectivity index (χ4v) is 7.27. The number of hydrogen-bond donors (Lipinski definition) is 4. The molecule has 10 aromatic rings. The molecule has 16 heteroatoms. The number of nitrogens with zero attached hydrogens (tertiary/aromatic N) is 4. The number of H-pyrrole nitrogens is 4. The molecular formula is C44H36BBrN8O6. The topological polar surface area (TPSA) is 194 Å². The summed E-state index contributed by atoms with van der Waals surface area (Å²) in [6.45, 7) is 8.23.